The second-order valence-electron chi connectivity index (χ2n) is 4.19. The Morgan fingerprint density at radius 2 is 2.11 bits per heavy atom. The largest absolute Gasteiger partial charge is 0.246 e. The molecule has 7 heteroatoms. The molecule has 0 unspecified atom stereocenters. The molecule has 1 rings (SSSR count). The SMILES string of the molecule is CC(C)N(CCC#N)S(=O)(=O)c1ccc(Br)cc1F. The van der Waals surface area contributed by atoms with E-state index in [1.54, 1.807) is 13.8 Å². The van der Waals surface area contributed by atoms with Gasteiger partial charge in [0.15, 0.2) is 0 Å². The Hall–Kier alpha value is -0.970. The molecule has 0 aliphatic heterocycles. The molecular formula is C12H14BrFN2O2S. The van der Waals surface area contributed by atoms with Gasteiger partial charge < -0.3 is 0 Å². The summed E-state index contributed by atoms with van der Waals surface area (Å²) in [6, 6.07) is 5.34. The van der Waals surface area contributed by atoms with E-state index < -0.39 is 15.8 Å². The molecule has 0 saturated heterocycles. The van der Waals surface area contributed by atoms with Gasteiger partial charge in [-0.3, -0.25) is 0 Å². The van der Waals surface area contributed by atoms with Crippen LogP contribution in [0.3, 0.4) is 0 Å². The fourth-order valence-corrected chi connectivity index (χ4v) is 3.64. The zero-order valence-electron chi connectivity index (χ0n) is 10.6. The lowest BCUT2D eigenvalue weighted by molar-refractivity contribution is 0.358. The van der Waals surface area contributed by atoms with Gasteiger partial charge in [0.1, 0.15) is 10.7 Å². The van der Waals surface area contributed by atoms with Gasteiger partial charge in [-0.2, -0.15) is 9.57 Å². The summed E-state index contributed by atoms with van der Waals surface area (Å²) in [6.45, 7) is 3.42. The molecule has 4 nitrogen and oxygen atoms in total. The summed E-state index contributed by atoms with van der Waals surface area (Å²) in [5, 5.41) is 8.57. The van der Waals surface area contributed by atoms with Gasteiger partial charge in [-0.25, -0.2) is 12.8 Å². The van der Waals surface area contributed by atoms with Crippen molar-refractivity contribution in [3.8, 4) is 6.07 Å². The van der Waals surface area contributed by atoms with Crippen LogP contribution in [0.15, 0.2) is 27.6 Å². The van der Waals surface area contributed by atoms with Crippen LogP contribution in [0, 0.1) is 17.1 Å². The van der Waals surface area contributed by atoms with E-state index in [1.165, 1.54) is 12.1 Å². The molecule has 0 saturated carbocycles. The van der Waals surface area contributed by atoms with Gasteiger partial charge in [-0.15, -0.1) is 0 Å². The third-order valence-corrected chi connectivity index (χ3v) is 5.10. The Labute approximate surface area is 121 Å². The highest BCUT2D eigenvalue weighted by Gasteiger charge is 2.29. The summed E-state index contributed by atoms with van der Waals surface area (Å²) in [5.41, 5.74) is 0. The van der Waals surface area contributed by atoms with Crippen LogP contribution in [-0.4, -0.2) is 25.3 Å². The standard InChI is InChI=1S/C12H14BrFN2O2S/c1-9(2)16(7-3-6-15)19(17,18)12-5-4-10(13)8-11(12)14/h4-5,8-9H,3,7H2,1-2H3. The number of halogens is 2. The maximum Gasteiger partial charge on any atom is 0.246 e. The highest BCUT2D eigenvalue weighted by atomic mass is 79.9. The third kappa shape index (κ3) is 3.75. The molecular weight excluding hydrogens is 335 g/mol. The summed E-state index contributed by atoms with van der Waals surface area (Å²) < 4.78 is 40.1. The van der Waals surface area contributed by atoms with E-state index in [1.807, 2.05) is 6.07 Å². The van der Waals surface area contributed by atoms with Crippen molar-refractivity contribution >= 4 is 26.0 Å². The molecule has 1 aromatic carbocycles. The molecule has 0 aliphatic carbocycles. The number of nitriles is 1. The van der Waals surface area contributed by atoms with Gasteiger partial charge in [0.25, 0.3) is 0 Å². The summed E-state index contributed by atoms with van der Waals surface area (Å²) in [4.78, 5) is -0.373. The van der Waals surface area contributed by atoms with Crippen molar-refractivity contribution in [2.75, 3.05) is 6.54 Å². The topological polar surface area (TPSA) is 61.2 Å². The quantitative estimate of drug-likeness (QED) is 0.821. The number of hydrogen-bond donors (Lipinski definition) is 0. The lowest BCUT2D eigenvalue weighted by atomic mass is 10.3. The number of nitrogens with zero attached hydrogens (tertiary/aromatic N) is 2. The van der Waals surface area contributed by atoms with Gasteiger partial charge >= 0.3 is 0 Å². The van der Waals surface area contributed by atoms with Crippen LogP contribution in [0.4, 0.5) is 4.39 Å². The van der Waals surface area contributed by atoms with E-state index in [2.05, 4.69) is 15.9 Å². The Kier molecular flexibility index (Phi) is 5.47. The highest BCUT2D eigenvalue weighted by molar-refractivity contribution is 9.10. The molecule has 0 heterocycles. The van der Waals surface area contributed by atoms with Crippen molar-refractivity contribution in [3.63, 3.8) is 0 Å². The average molecular weight is 349 g/mol. The molecule has 19 heavy (non-hydrogen) atoms. The number of benzene rings is 1. The molecule has 0 radical (unpaired) electrons. The van der Waals surface area contributed by atoms with Gasteiger partial charge in [-0.1, -0.05) is 15.9 Å². The van der Waals surface area contributed by atoms with Crippen LogP contribution in [-0.2, 0) is 10.0 Å². The minimum Gasteiger partial charge on any atom is -0.207 e. The normalized spacial score (nSPS) is 11.8. The minimum absolute atomic E-state index is 0.0476. The van der Waals surface area contributed by atoms with Gasteiger partial charge in [0, 0.05) is 23.5 Å². The van der Waals surface area contributed by atoms with E-state index in [4.69, 9.17) is 5.26 Å². The fraction of sp³-hybridized carbons (Fsp3) is 0.417. The first-order chi connectivity index (χ1) is 8.80. The Bertz CT molecular complexity index is 596. The summed E-state index contributed by atoms with van der Waals surface area (Å²) in [5.74, 6) is -0.808. The maximum absolute atomic E-state index is 13.8. The van der Waals surface area contributed by atoms with E-state index >= 15 is 0 Å². The second-order valence-corrected chi connectivity index (χ2v) is 6.97. The van der Waals surface area contributed by atoms with Gasteiger partial charge in [0.2, 0.25) is 10.0 Å². The van der Waals surface area contributed by atoms with E-state index in [0.29, 0.717) is 4.47 Å². The van der Waals surface area contributed by atoms with Crippen LogP contribution in [0.2, 0.25) is 0 Å². The molecule has 0 N–H and O–H groups in total. The maximum atomic E-state index is 13.8. The Balaban J connectivity index is 3.23. The highest BCUT2D eigenvalue weighted by Crippen LogP contribution is 2.24. The molecule has 0 amide bonds. The van der Waals surface area contributed by atoms with Crippen molar-refractivity contribution in [3.05, 3.63) is 28.5 Å². The van der Waals surface area contributed by atoms with Crippen LogP contribution in [0.25, 0.3) is 0 Å². The van der Waals surface area contributed by atoms with Gasteiger partial charge in [-0.05, 0) is 32.0 Å². The summed E-state index contributed by atoms with van der Waals surface area (Å²) in [7, 11) is -3.93. The molecule has 0 aromatic heterocycles. The van der Waals surface area contributed by atoms with E-state index in [0.717, 1.165) is 10.4 Å². The molecule has 0 atom stereocenters. The zero-order chi connectivity index (χ0) is 14.6. The lowest BCUT2D eigenvalue weighted by Gasteiger charge is -2.25. The molecule has 0 fully saturated rings. The molecule has 1 aromatic rings. The molecule has 0 spiro atoms. The first-order valence-corrected chi connectivity index (χ1v) is 7.88. The first kappa shape index (κ1) is 16.1. The summed E-state index contributed by atoms with van der Waals surface area (Å²) >= 11 is 3.08. The average Bonchev–Trinajstić information content (AvgIpc) is 2.27. The lowest BCUT2D eigenvalue weighted by Crippen LogP contribution is -2.38. The number of hydrogen-bond acceptors (Lipinski definition) is 3. The smallest absolute Gasteiger partial charge is 0.207 e. The van der Waals surface area contributed by atoms with Crippen molar-refractivity contribution < 1.29 is 12.8 Å². The zero-order valence-corrected chi connectivity index (χ0v) is 13.0. The minimum atomic E-state index is -3.93. The van der Waals surface area contributed by atoms with Crippen molar-refractivity contribution in [1.82, 2.24) is 4.31 Å². The number of sulfonamides is 1. The fourth-order valence-electron chi connectivity index (χ4n) is 1.63. The van der Waals surface area contributed by atoms with E-state index in [9.17, 15) is 12.8 Å². The predicted molar refractivity (Wildman–Crippen MR) is 73.4 cm³/mol. The number of rotatable bonds is 5. The van der Waals surface area contributed by atoms with Crippen LogP contribution in [0.1, 0.15) is 20.3 Å². The Morgan fingerprint density at radius 3 is 2.58 bits per heavy atom. The van der Waals surface area contributed by atoms with Crippen molar-refractivity contribution in [1.29, 1.82) is 5.26 Å². The monoisotopic (exact) mass is 348 g/mol. The first-order valence-electron chi connectivity index (χ1n) is 5.64. The van der Waals surface area contributed by atoms with Crippen molar-refractivity contribution in [2.45, 2.75) is 31.2 Å². The Morgan fingerprint density at radius 1 is 1.47 bits per heavy atom. The summed E-state index contributed by atoms with van der Waals surface area (Å²) in [6.07, 6.45) is 0.0650. The van der Waals surface area contributed by atoms with Crippen LogP contribution in [0.5, 0.6) is 0 Å². The predicted octanol–water partition coefficient (Wildman–Crippen LogP) is 2.90. The second kappa shape index (κ2) is 6.46. The molecule has 0 aliphatic rings. The van der Waals surface area contributed by atoms with Gasteiger partial charge in [0.05, 0.1) is 6.07 Å². The van der Waals surface area contributed by atoms with Crippen LogP contribution >= 0.6 is 15.9 Å². The van der Waals surface area contributed by atoms with Crippen LogP contribution < -0.4 is 0 Å². The molecule has 104 valence electrons. The van der Waals surface area contributed by atoms with Crippen molar-refractivity contribution in [2.24, 2.45) is 0 Å². The molecule has 0 bridgehead atoms. The van der Waals surface area contributed by atoms with E-state index in [-0.39, 0.29) is 23.9 Å². The third-order valence-electron chi connectivity index (χ3n) is 2.50.